The Bertz CT molecular complexity index is 452. The first-order chi connectivity index (χ1) is 9.01. The molecule has 0 radical (unpaired) electrons. The van der Waals surface area contributed by atoms with Crippen LogP contribution in [0.4, 0.5) is 0 Å². The van der Waals surface area contributed by atoms with Crippen LogP contribution in [0, 0.1) is 0 Å². The van der Waals surface area contributed by atoms with Gasteiger partial charge in [0.2, 0.25) is 0 Å². The number of nitrogens with one attached hydrogen (secondary N) is 2. The highest BCUT2D eigenvalue weighted by Gasteiger charge is 2.39. The number of carbonyl (C=O) groups excluding carboxylic acids is 1. The maximum atomic E-state index is 12.1. The third kappa shape index (κ3) is 3.11. The first-order valence-corrected chi connectivity index (χ1v) is 6.16. The Morgan fingerprint density at radius 3 is 3.00 bits per heavy atom. The summed E-state index contributed by atoms with van der Waals surface area (Å²) in [6.45, 7) is 2.21. The van der Waals surface area contributed by atoms with E-state index in [1.807, 2.05) is 0 Å². The molecule has 1 aromatic heterocycles. The minimum absolute atomic E-state index is 0.164. The van der Waals surface area contributed by atoms with Gasteiger partial charge in [-0.2, -0.15) is 0 Å². The van der Waals surface area contributed by atoms with Crippen molar-refractivity contribution in [2.75, 3.05) is 6.61 Å². The predicted octanol–water partition coefficient (Wildman–Crippen LogP) is 0.0907. The van der Waals surface area contributed by atoms with Gasteiger partial charge in [0, 0.05) is 24.9 Å². The number of nitrogens with zero attached hydrogens (tertiary/aromatic N) is 1. The highest BCUT2D eigenvalue weighted by Crippen LogP contribution is 2.25. The highest BCUT2D eigenvalue weighted by atomic mass is 16.5. The number of aromatic amines is 1. The predicted molar refractivity (Wildman–Crippen MR) is 65.4 cm³/mol. The number of H-pyrrole nitrogens is 1. The van der Waals surface area contributed by atoms with E-state index in [4.69, 9.17) is 9.84 Å². The molecule has 1 aliphatic rings. The van der Waals surface area contributed by atoms with Crippen LogP contribution in [0.15, 0.2) is 12.5 Å². The molecule has 1 fully saturated rings. The van der Waals surface area contributed by atoms with E-state index in [1.54, 1.807) is 6.92 Å². The van der Waals surface area contributed by atoms with Crippen molar-refractivity contribution in [1.82, 2.24) is 15.3 Å². The zero-order valence-corrected chi connectivity index (χ0v) is 10.7. The molecule has 1 aromatic rings. The van der Waals surface area contributed by atoms with Gasteiger partial charge in [-0.25, -0.2) is 9.78 Å². The Labute approximate surface area is 110 Å². The van der Waals surface area contributed by atoms with Crippen LogP contribution < -0.4 is 5.32 Å². The van der Waals surface area contributed by atoms with Gasteiger partial charge in [0.25, 0.3) is 5.91 Å². The lowest BCUT2D eigenvalue weighted by Gasteiger charge is -2.24. The summed E-state index contributed by atoms with van der Waals surface area (Å²) in [4.78, 5) is 29.9. The van der Waals surface area contributed by atoms with Crippen molar-refractivity contribution in [3.05, 3.63) is 18.2 Å². The van der Waals surface area contributed by atoms with Crippen LogP contribution in [0.1, 0.15) is 25.5 Å². The summed E-state index contributed by atoms with van der Waals surface area (Å²) in [5.74, 6) is -1.46. The smallest absolute Gasteiger partial charge is 0.326 e. The van der Waals surface area contributed by atoms with Crippen LogP contribution in [-0.2, 0) is 20.7 Å². The summed E-state index contributed by atoms with van der Waals surface area (Å²) in [5, 5.41) is 11.7. The number of rotatable bonds is 5. The van der Waals surface area contributed by atoms with E-state index in [2.05, 4.69) is 15.3 Å². The van der Waals surface area contributed by atoms with Gasteiger partial charge in [-0.3, -0.25) is 4.79 Å². The molecule has 1 aliphatic heterocycles. The summed E-state index contributed by atoms with van der Waals surface area (Å²) in [5.41, 5.74) is -0.257. The maximum Gasteiger partial charge on any atom is 0.326 e. The van der Waals surface area contributed by atoms with E-state index in [0.717, 1.165) is 6.42 Å². The summed E-state index contributed by atoms with van der Waals surface area (Å²) in [7, 11) is 0. The molecule has 0 aromatic carbocycles. The molecule has 0 spiro atoms. The molecule has 1 amide bonds. The van der Waals surface area contributed by atoms with Gasteiger partial charge in [-0.05, 0) is 19.8 Å². The van der Waals surface area contributed by atoms with Crippen LogP contribution in [0.25, 0.3) is 0 Å². The molecule has 2 heterocycles. The van der Waals surface area contributed by atoms with Gasteiger partial charge >= 0.3 is 5.97 Å². The molecule has 0 bridgehead atoms. The van der Waals surface area contributed by atoms with Crippen molar-refractivity contribution in [1.29, 1.82) is 0 Å². The van der Waals surface area contributed by atoms with Gasteiger partial charge < -0.3 is 20.1 Å². The van der Waals surface area contributed by atoms with Gasteiger partial charge in [0.05, 0.1) is 6.33 Å². The lowest BCUT2D eigenvalue weighted by molar-refractivity contribution is -0.147. The minimum atomic E-state index is -1.08. The lowest BCUT2D eigenvalue weighted by atomic mass is 10.0. The first kappa shape index (κ1) is 13.5. The number of carbonyl (C=O) groups is 2. The molecule has 7 nitrogen and oxygen atoms in total. The average molecular weight is 267 g/mol. The molecule has 7 heteroatoms. The number of aliphatic carboxylic acids is 1. The van der Waals surface area contributed by atoms with Crippen LogP contribution in [0.5, 0.6) is 0 Å². The van der Waals surface area contributed by atoms with Crippen molar-refractivity contribution in [3.8, 4) is 0 Å². The van der Waals surface area contributed by atoms with Crippen LogP contribution in [-0.4, -0.2) is 45.2 Å². The number of amides is 1. The van der Waals surface area contributed by atoms with E-state index < -0.39 is 17.6 Å². The van der Waals surface area contributed by atoms with E-state index in [9.17, 15) is 9.59 Å². The largest absolute Gasteiger partial charge is 0.480 e. The number of hydrogen-bond donors (Lipinski definition) is 3. The monoisotopic (exact) mass is 267 g/mol. The standard InChI is InChI=1S/C12H17N3O4/c1-12(3-2-4-19-12)11(18)15-9(10(16)17)5-8-6-13-7-14-8/h6-7,9H,2-5H2,1H3,(H,13,14)(H,15,18)(H,16,17)/t9-,12?/m0/s1. The molecule has 3 N–H and O–H groups in total. The quantitative estimate of drug-likeness (QED) is 0.701. The number of ether oxygens (including phenoxy) is 1. The summed E-state index contributed by atoms with van der Waals surface area (Å²) < 4.78 is 5.39. The zero-order chi connectivity index (χ0) is 13.9. The fourth-order valence-corrected chi connectivity index (χ4v) is 2.09. The van der Waals surface area contributed by atoms with Gasteiger partial charge in [-0.15, -0.1) is 0 Å². The Morgan fingerprint density at radius 1 is 1.68 bits per heavy atom. The van der Waals surface area contributed by atoms with Crippen LogP contribution in [0.2, 0.25) is 0 Å². The molecule has 0 saturated carbocycles. The number of carboxylic acid groups (broad SMARTS) is 1. The number of aromatic nitrogens is 2. The molecule has 0 aliphatic carbocycles. The lowest BCUT2D eigenvalue weighted by Crippen LogP contribution is -2.51. The Hall–Kier alpha value is -1.89. The molecule has 19 heavy (non-hydrogen) atoms. The van der Waals surface area contributed by atoms with Crippen LogP contribution in [0.3, 0.4) is 0 Å². The first-order valence-electron chi connectivity index (χ1n) is 6.16. The topological polar surface area (TPSA) is 104 Å². The van der Waals surface area contributed by atoms with Crippen molar-refractivity contribution < 1.29 is 19.4 Å². The zero-order valence-electron chi connectivity index (χ0n) is 10.7. The summed E-state index contributed by atoms with van der Waals surface area (Å²) >= 11 is 0. The van der Waals surface area contributed by atoms with E-state index in [-0.39, 0.29) is 12.3 Å². The van der Waals surface area contributed by atoms with Crippen molar-refractivity contribution in [2.45, 2.75) is 37.8 Å². The van der Waals surface area contributed by atoms with Gasteiger partial charge in [0.1, 0.15) is 11.6 Å². The third-order valence-corrected chi connectivity index (χ3v) is 3.28. The Morgan fingerprint density at radius 2 is 2.47 bits per heavy atom. The minimum Gasteiger partial charge on any atom is -0.480 e. The SMILES string of the molecule is CC1(C(=O)N[C@@H](Cc2cnc[nH]2)C(=O)O)CCCO1. The second-order valence-corrected chi connectivity index (χ2v) is 4.83. The number of imidazole rings is 1. The molecule has 104 valence electrons. The fraction of sp³-hybridized carbons (Fsp3) is 0.583. The second kappa shape index (κ2) is 5.40. The van der Waals surface area contributed by atoms with Crippen molar-refractivity contribution in [3.63, 3.8) is 0 Å². The van der Waals surface area contributed by atoms with Crippen molar-refractivity contribution >= 4 is 11.9 Å². The Balaban J connectivity index is 2.00. The normalized spacial score (nSPS) is 24.1. The van der Waals surface area contributed by atoms with E-state index in [0.29, 0.717) is 18.7 Å². The number of carboxylic acids is 1. The molecule has 1 unspecified atom stereocenters. The summed E-state index contributed by atoms with van der Waals surface area (Å²) in [6.07, 6.45) is 4.59. The number of hydrogen-bond acceptors (Lipinski definition) is 4. The molecular formula is C12H17N3O4. The molecular weight excluding hydrogens is 250 g/mol. The van der Waals surface area contributed by atoms with Crippen LogP contribution >= 0.6 is 0 Å². The molecule has 2 atom stereocenters. The molecule has 2 rings (SSSR count). The Kier molecular flexibility index (Phi) is 3.84. The van der Waals surface area contributed by atoms with E-state index in [1.165, 1.54) is 12.5 Å². The van der Waals surface area contributed by atoms with Gasteiger partial charge in [-0.1, -0.05) is 0 Å². The maximum absolute atomic E-state index is 12.1. The van der Waals surface area contributed by atoms with Crippen molar-refractivity contribution in [2.24, 2.45) is 0 Å². The second-order valence-electron chi connectivity index (χ2n) is 4.83. The highest BCUT2D eigenvalue weighted by molar-refractivity contribution is 5.89. The average Bonchev–Trinajstić information content (AvgIpc) is 3.00. The third-order valence-electron chi connectivity index (χ3n) is 3.28. The summed E-state index contributed by atoms with van der Waals surface area (Å²) in [6, 6.07) is -0.992. The fourth-order valence-electron chi connectivity index (χ4n) is 2.09. The molecule has 1 saturated heterocycles. The van der Waals surface area contributed by atoms with Gasteiger partial charge in [0.15, 0.2) is 0 Å². The van der Waals surface area contributed by atoms with E-state index >= 15 is 0 Å².